The first-order valence-electron chi connectivity index (χ1n) is 11.7. The highest BCUT2D eigenvalue weighted by Gasteiger charge is 2.24. The van der Waals surface area contributed by atoms with Crippen molar-refractivity contribution in [1.82, 2.24) is 14.8 Å². The molecule has 0 unspecified atom stereocenters. The molecule has 0 amide bonds. The number of phenolic OH excluding ortho intramolecular Hbond substituents is 2. The molecule has 6 rings (SSSR count). The van der Waals surface area contributed by atoms with Gasteiger partial charge in [-0.05, 0) is 72.2 Å². The molecule has 0 radical (unpaired) electrons. The molecular weight excluding hydrogens is 446 g/mol. The molecule has 8 nitrogen and oxygen atoms in total. The predicted octanol–water partition coefficient (Wildman–Crippen LogP) is 5.48. The summed E-state index contributed by atoms with van der Waals surface area (Å²) in [6, 6.07) is 14.9. The van der Waals surface area contributed by atoms with Crippen LogP contribution in [0.4, 0.5) is 0 Å². The third kappa shape index (κ3) is 3.71. The molecule has 0 saturated heterocycles. The van der Waals surface area contributed by atoms with Crippen LogP contribution in [0.1, 0.15) is 42.9 Å². The molecule has 0 bridgehead atoms. The van der Waals surface area contributed by atoms with Gasteiger partial charge in [-0.15, -0.1) is 5.10 Å². The van der Waals surface area contributed by atoms with Crippen molar-refractivity contribution in [2.75, 3.05) is 6.79 Å². The van der Waals surface area contributed by atoms with Gasteiger partial charge in [0, 0.05) is 12.1 Å². The summed E-state index contributed by atoms with van der Waals surface area (Å²) >= 11 is 0. The molecule has 2 N–H and O–H groups in total. The van der Waals surface area contributed by atoms with Gasteiger partial charge in [0.15, 0.2) is 17.3 Å². The molecule has 35 heavy (non-hydrogen) atoms. The number of fused-ring (bicyclic) bond motifs is 2. The maximum atomic E-state index is 10.8. The van der Waals surface area contributed by atoms with Crippen LogP contribution in [0.25, 0.3) is 17.1 Å². The van der Waals surface area contributed by atoms with Gasteiger partial charge < -0.3 is 24.4 Å². The molecule has 2 heterocycles. The molecule has 1 aliphatic heterocycles. The van der Waals surface area contributed by atoms with Crippen LogP contribution in [0, 0.1) is 0 Å². The Labute approximate surface area is 202 Å². The van der Waals surface area contributed by atoms with Gasteiger partial charge in [-0.3, -0.25) is 0 Å². The maximum Gasteiger partial charge on any atom is 0.327 e. The number of ether oxygens (including phenoxy) is 3. The number of aryl methyl sites for hydroxylation is 2. The Bertz CT molecular complexity index is 1440. The largest absolute Gasteiger partial charge is 0.508 e. The number of phenols is 2. The molecule has 0 atom stereocenters. The molecule has 0 fully saturated rings. The maximum absolute atomic E-state index is 10.8. The van der Waals surface area contributed by atoms with E-state index in [1.165, 1.54) is 17.2 Å². The number of benzene rings is 3. The van der Waals surface area contributed by atoms with E-state index in [0.717, 1.165) is 24.9 Å². The van der Waals surface area contributed by atoms with Crippen LogP contribution in [0.15, 0.2) is 48.5 Å². The highest BCUT2D eigenvalue weighted by molar-refractivity contribution is 5.70. The van der Waals surface area contributed by atoms with E-state index in [4.69, 9.17) is 14.2 Å². The van der Waals surface area contributed by atoms with Crippen molar-refractivity contribution in [3.05, 3.63) is 65.2 Å². The van der Waals surface area contributed by atoms with E-state index in [0.29, 0.717) is 34.2 Å². The molecule has 8 heteroatoms. The Kier molecular flexibility index (Phi) is 5.02. The summed E-state index contributed by atoms with van der Waals surface area (Å²) in [5.74, 6) is 2.21. The van der Waals surface area contributed by atoms with Gasteiger partial charge >= 0.3 is 6.01 Å². The molecule has 1 aliphatic carbocycles. The SMILES string of the molecule is CC(C)c1cc(-c2nnc(Oc3ccc4c(c3)OCO4)n2-c2ccc3c(c2)CCC3)c(O)cc1O. The van der Waals surface area contributed by atoms with Crippen LogP contribution in [0.2, 0.25) is 0 Å². The van der Waals surface area contributed by atoms with Crippen LogP contribution in [-0.4, -0.2) is 31.8 Å². The normalized spacial score (nSPS) is 13.9. The van der Waals surface area contributed by atoms with E-state index in [-0.39, 0.29) is 30.2 Å². The number of hydrogen-bond acceptors (Lipinski definition) is 7. The van der Waals surface area contributed by atoms with E-state index in [9.17, 15) is 10.2 Å². The number of rotatable bonds is 5. The lowest BCUT2D eigenvalue weighted by atomic mass is 9.98. The average Bonchev–Trinajstić information content (AvgIpc) is 3.57. The second kappa shape index (κ2) is 8.23. The zero-order chi connectivity index (χ0) is 24.1. The van der Waals surface area contributed by atoms with E-state index in [1.54, 1.807) is 28.8 Å². The summed E-state index contributed by atoms with van der Waals surface area (Å²) in [6.07, 6.45) is 3.22. The molecular formula is C27H25N3O5. The standard InChI is InChI=1S/C27H25N3O5/c1-15(2)20-12-21(23(32)13-22(20)31)26-28-29-27(35-19-8-9-24-25(11-19)34-14-33-24)30(26)18-7-6-16-4-3-5-17(16)10-18/h6-13,15,31-32H,3-5,14H2,1-2H3. The monoisotopic (exact) mass is 471 g/mol. The van der Waals surface area contributed by atoms with E-state index >= 15 is 0 Å². The highest BCUT2D eigenvalue weighted by Crippen LogP contribution is 2.41. The van der Waals surface area contributed by atoms with Crippen LogP contribution >= 0.6 is 0 Å². The molecule has 1 aromatic heterocycles. The fourth-order valence-corrected chi connectivity index (χ4v) is 4.72. The summed E-state index contributed by atoms with van der Waals surface area (Å²) in [7, 11) is 0. The van der Waals surface area contributed by atoms with Crippen molar-refractivity contribution >= 4 is 0 Å². The van der Waals surface area contributed by atoms with Crippen molar-refractivity contribution in [2.45, 2.75) is 39.0 Å². The van der Waals surface area contributed by atoms with Crippen molar-refractivity contribution in [3.63, 3.8) is 0 Å². The quantitative estimate of drug-likeness (QED) is 0.398. The zero-order valence-electron chi connectivity index (χ0n) is 19.5. The predicted molar refractivity (Wildman–Crippen MR) is 129 cm³/mol. The van der Waals surface area contributed by atoms with E-state index in [2.05, 4.69) is 22.3 Å². The zero-order valence-corrected chi connectivity index (χ0v) is 19.5. The summed E-state index contributed by atoms with van der Waals surface area (Å²) in [5, 5.41) is 29.9. The molecule has 178 valence electrons. The first-order chi connectivity index (χ1) is 17.0. The van der Waals surface area contributed by atoms with Gasteiger partial charge in [-0.2, -0.15) is 0 Å². The lowest BCUT2D eigenvalue weighted by molar-refractivity contribution is 0.174. The first-order valence-corrected chi connectivity index (χ1v) is 11.7. The lowest BCUT2D eigenvalue weighted by Gasteiger charge is -2.15. The van der Waals surface area contributed by atoms with Crippen molar-refractivity contribution < 1.29 is 24.4 Å². The number of nitrogens with zero attached hydrogens (tertiary/aromatic N) is 3. The molecule has 2 aliphatic rings. The van der Waals surface area contributed by atoms with Crippen molar-refractivity contribution in [2.24, 2.45) is 0 Å². The third-order valence-corrected chi connectivity index (χ3v) is 6.53. The Hall–Kier alpha value is -4.20. The topological polar surface area (TPSA) is 98.9 Å². The minimum atomic E-state index is -0.0867. The number of aromatic nitrogens is 3. The van der Waals surface area contributed by atoms with Crippen molar-refractivity contribution in [1.29, 1.82) is 0 Å². The molecule has 4 aromatic rings. The summed E-state index contributed by atoms with van der Waals surface area (Å²) in [5.41, 5.74) is 4.63. The minimum Gasteiger partial charge on any atom is -0.508 e. The van der Waals surface area contributed by atoms with Crippen LogP contribution in [0.5, 0.6) is 34.8 Å². The van der Waals surface area contributed by atoms with Crippen LogP contribution in [-0.2, 0) is 12.8 Å². The third-order valence-electron chi connectivity index (χ3n) is 6.53. The Morgan fingerprint density at radius 2 is 1.71 bits per heavy atom. The first kappa shape index (κ1) is 21.3. The van der Waals surface area contributed by atoms with Gasteiger partial charge in [0.25, 0.3) is 0 Å². The number of hydrogen-bond donors (Lipinski definition) is 2. The van der Waals surface area contributed by atoms with Gasteiger partial charge in [0.1, 0.15) is 17.2 Å². The summed E-state index contributed by atoms with van der Waals surface area (Å²) < 4.78 is 18.8. The van der Waals surface area contributed by atoms with Gasteiger partial charge in [0.2, 0.25) is 6.79 Å². The summed E-state index contributed by atoms with van der Waals surface area (Å²) in [6.45, 7) is 4.14. The van der Waals surface area contributed by atoms with Crippen molar-refractivity contribution in [3.8, 4) is 51.8 Å². The number of aromatic hydroxyl groups is 2. The van der Waals surface area contributed by atoms with Gasteiger partial charge in [0.05, 0.1) is 11.3 Å². The lowest BCUT2D eigenvalue weighted by Crippen LogP contribution is -2.02. The fourth-order valence-electron chi connectivity index (χ4n) is 4.72. The van der Waals surface area contributed by atoms with E-state index < -0.39 is 0 Å². The van der Waals surface area contributed by atoms with E-state index in [1.807, 2.05) is 19.9 Å². The Morgan fingerprint density at radius 3 is 2.57 bits per heavy atom. The van der Waals surface area contributed by atoms with Gasteiger partial charge in [-0.1, -0.05) is 25.0 Å². The minimum absolute atomic E-state index is 0.0432. The van der Waals surface area contributed by atoms with Gasteiger partial charge in [-0.25, -0.2) is 4.57 Å². The second-order valence-corrected chi connectivity index (χ2v) is 9.15. The fraction of sp³-hybridized carbons (Fsp3) is 0.259. The molecule has 0 spiro atoms. The Morgan fingerprint density at radius 1 is 0.886 bits per heavy atom. The molecule has 0 saturated carbocycles. The smallest absolute Gasteiger partial charge is 0.327 e. The molecule has 3 aromatic carbocycles. The Balaban J connectivity index is 1.50. The van der Waals surface area contributed by atoms with Crippen LogP contribution < -0.4 is 14.2 Å². The highest BCUT2D eigenvalue weighted by atomic mass is 16.7. The van der Waals surface area contributed by atoms with Crippen LogP contribution in [0.3, 0.4) is 0 Å². The second-order valence-electron chi connectivity index (χ2n) is 9.15. The average molecular weight is 472 g/mol. The summed E-state index contributed by atoms with van der Waals surface area (Å²) in [4.78, 5) is 0.